The summed E-state index contributed by atoms with van der Waals surface area (Å²) in [5, 5.41) is 0. The third kappa shape index (κ3) is 2.29. The van der Waals surface area contributed by atoms with Crippen LogP contribution in [0, 0.1) is 0 Å². The zero-order valence-electron chi connectivity index (χ0n) is 7.10. The molecule has 1 unspecified atom stereocenters. The average molecular weight is 178 g/mol. The maximum absolute atomic E-state index is 11.3. The van der Waals surface area contributed by atoms with Crippen molar-refractivity contribution in [1.82, 2.24) is 0 Å². The van der Waals surface area contributed by atoms with E-state index in [9.17, 15) is 4.79 Å². The van der Waals surface area contributed by atoms with Crippen LogP contribution >= 0.6 is 0 Å². The van der Waals surface area contributed by atoms with E-state index in [4.69, 9.17) is 9.47 Å². The van der Waals surface area contributed by atoms with Gasteiger partial charge in [0.1, 0.15) is 12.7 Å². The second-order valence-corrected chi connectivity index (χ2v) is 2.92. The molecular weight excluding hydrogens is 168 g/mol. The molecule has 2 rings (SSSR count). The van der Waals surface area contributed by atoms with E-state index in [2.05, 4.69) is 0 Å². The summed E-state index contributed by atoms with van der Waals surface area (Å²) in [6.07, 6.45) is 0.132. The van der Waals surface area contributed by atoms with Crippen molar-refractivity contribution in [3.63, 3.8) is 0 Å². The normalized spacial score (nSPS) is 19.5. The van der Waals surface area contributed by atoms with E-state index < -0.39 is 0 Å². The van der Waals surface area contributed by atoms with Crippen LogP contribution in [0.4, 0.5) is 0 Å². The number of rotatable bonds is 3. The molecule has 0 spiro atoms. The van der Waals surface area contributed by atoms with Gasteiger partial charge in [0, 0.05) is 0 Å². The highest BCUT2D eigenvalue weighted by molar-refractivity contribution is 5.89. The molecule has 0 saturated carbocycles. The first-order valence-electron chi connectivity index (χ1n) is 4.20. The molecule has 0 aliphatic carbocycles. The highest BCUT2D eigenvalue weighted by Crippen LogP contribution is 2.10. The van der Waals surface area contributed by atoms with Gasteiger partial charge < -0.3 is 9.47 Å². The van der Waals surface area contributed by atoms with E-state index in [0.717, 1.165) is 0 Å². The molecule has 1 aliphatic heterocycles. The monoisotopic (exact) mass is 178 g/mol. The summed E-state index contributed by atoms with van der Waals surface area (Å²) in [7, 11) is 0. The predicted molar refractivity (Wildman–Crippen MR) is 46.5 cm³/mol. The minimum Gasteiger partial charge on any atom is -0.459 e. The van der Waals surface area contributed by atoms with Gasteiger partial charge in [0.05, 0.1) is 12.2 Å². The quantitative estimate of drug-likeness (QED) is 0.516. The number of carbonyl (C=O) groups excluding carboxylic acids is 1. The Balaban J connectivity index is 1.89. The third-order valence-electron chi connectivity index (χ3n) is 1.81. The molecule has 68 valence electrons. The van der Waals surface area contributed by atoms with E-state index >= 15 is 0 Å². The average Bonchev–Trinajstić information content (AvgIpc) is 2.99. The van der Waals surface area contributed by atoms with Gasteiger partial charge in [-0.3, -0.25) is 0 Å². The lowest BCUT2D eigenvalue weighted by molar-refractivity contribution is 0.0476. The molecule has 1 heterocycles. The van der Waals surface area contributed by atoms with E-state index in [1.165, 1.54) is 0 Å². The van der Waals surface area contributed by atoms with Crippen molar-refractivity contribution in [2.45, 2.75) is 6.10 Å². The molecule has 0 radical (unpaired) electrons. The summed E-state index contributed by atoms with van der Waals surface area (Å²) in [6.45, 7) is 1.08. The number of ether oxygens (including phenoxy) is 2. The fourth-order valence-corrected chi connectivity index (χ4v) is 0.990. The van der Waals surface area contributed by atoms with Crippen LogP contribution in [0.5, 0.6) is 0 Å². The smallest absolute Gasteiger partial charge is 0.338 e. The lowest BCUT2D eigenvalue weighted by atomic mass is 10.2. The molecule has 0 aromatic heterocycles. The molecule has 0 bridgehead atoms. The fraction of sp³-hybridized carbons (Fsp3) is 0.300. The third-order valence-corrected chi connectivity index (χ3v) is 1.81. The first-order chi connectivity index (χ1) is 6.36. The summed E-state index contributed by atoms with van der Waals surface area (Å²) in [5.74, 6) is -0.281. The van der Waals surface area contributed by atoms with Crippen LogP contribution in [0.15, 0.2) is 30.3 Å². The first kappa shape index (κ1) is 8.26. The van der Waals surface area contributed by atoms with Crippen molar-refractivity contribution >= 4 is 5.97 Å². The van der Waals surface area contributed by atoms with Gasteiger partial charge in [0.15, 0.2) is 0 Å². The van der Waals surface area contributed by atoms with E-state index in [1.807, 2.05) is 18.2 Å². The van der Waals surface area contributed by atoms with Gasteiger partial charge in [0.2, 0.25) is 0 Å². The highest BCUT2D eigenvalue weighted by atomic mass is 16.6. The number of esters is 1. The maximum atomic E-state index is 11.3. The van der Waals surface area contributed by atoms with E-state index in [0.29, 0.717) is 18.8 Å². The van der Waals surface area contributed by atoms with Gasteiger partial charge in [-0.15, -0.1) is 0 Å². The van der Waals surface area contributed by atoms with Crippen molar-refractivity contribution in [3.05, 3.63) is 35.9 Å². The number of carbonyl (C=O) groups is 1. The van der Waals surface area contributed by atoms with Crippen LogP contribution in [0.3, 0.4) is 0 Å². The number of hydrogen-bond acceptors (Lipinski definition) is 3. The van der Waals surface area contributed by atoms with Crippen molar-refractivity contribution in [2.24, 2.45) is 0 Å². The lowest BCUT2D eigenvalue weighted by Gasteiger charge is -2.01. The lowest BCUT2D eigenvalue weighted by Crippen LogP contribution is -2.09. The number of benzene rings is 1. The Hall–Kier alpha value is -1.35. The summed E-state index contributed by atoms with van der Waals surface area (Å²) in [6, 6.07) is 8.95. The molecule has 0 N–H and O–H groups in total. The molecule has 1 atom stereocenters. The van der Waals surface area contributed by atoms with Gasteiger partial charge in [-0.25, -0.2) is 4.79 Å². The molecule has 13 heavy (non-hydrogen) atoms. The van der Waals surface area contributed by atoms with Crippen molar-refractivity contribution in [2.75, 3.05) is 13.2 Å². The van der Waals surface area contributed by atoms with Crippen LogP contribution in [-0.2, 0) is 9.47 Å². The molecular formula is C10H10O3. The number of hydrogen-bond donors (Lipinski definition) is 0. The Morgan fingerprint density at radius 1 is 1.46 bits per heavy atom. The van der Waals surface area contributed by atoms with Gasteiger partial charge in [-0.05, 0) is 12.1 Å². The summed E-state index contributed by atoms with van der Waals surface area (Å²) in [4.78, 5) is 11.3. The summed E-state index contributed by atoms with van der Waals surface area (Å²) in [5.41, 5.74) is 0.586. The van der Waals surface area contributed by atoms with Gasteiger partial charge in [-0.2, -0.15) is 0 Å². The topological polar surface area (TPSA) is 38.8 Å². The van der Waals surface area contributed by atoms with E-state index in [1.54, 1.807) is 12.1 Å². The molecule has 3 heteroatoms. The second kappa shape index (κ2) is 3.58. The molecule has 1 fully saturated rings. The Kier molecular flexibility index (Phi) is 2.27. The summed E-state index contributed by atoms with van der Waals surface area (Å²) < 4.78 is 9.91. The minimum atomic E-state index is -0.281. The Bertz CT molecular complexity index is 290. The first-order valence-corrected chi connectivity index (χ1v) is 4.20. The van der Waals surface area contributed by atoms with Gasteiger partial charge >= 0.3 is 5.97 Å². The van der Waals surface area contributed by atoms with Crippen LogP contribution in [0.2, 0.25) is 0 Å². The summed E-state index contributed by atoms with van der Waals surface area (Å²) >= 11 is 0. The molecule has 1 aliphatic rings. The molecule has 0 amide bonds. The highest BCUT2D eigenvalue weighted by Gasteiger charge is 2.24. The minimum absolute atomic E-state index is 0.132. The molecule has 1 aromatic rings. The standard InChI is InChI=1S/C10H10O3/c11-10(13-7-9-6-12-9)8-4-2-1-3-5-8/h1-5,9H,6-7H2. The van der Waals surface area contributed by atoms with Crippen molar-refractivity contribution < 1.29 is 14.3 Å². The SMILES string of the molecule is O=C(OCC1CO1)c1ccccc1. The van der Waals surface area contributed by atoms with Crippen molar-refractivity contribution in [1.29, 1.82) is 0 Å². The van der Waals surface area contributed by atoms with Crippen LogP contribution in [-0.4, -0.2) is 25.3 Å². The van der Waals surface area contributed by atoms with Gasteiger partial charge in [-0.1, -0.05) is 18.2 Å². The second-order valence-electron chi connectivity index (χ2n) is 2.92. The number of epoxide rings is 1. The Morgan fingerprint density at radius 3 is 2.77 bits per heavy atom. The van der Waals surface area contributed by atoms with Crippen LogP contribution in [0.25, 0.3) is 0 Å². The molecule has 3 nitrogen and oxygen atoms in total. The van der Waals surface area contributed by atoms with Gasteiger partial charge in [0.25, 0.3) is 0 Å². The zero-order chi connectivity index (χ0) is 9.10. The van der Waals surface area contributed by atoms with E-state index in [-0.39, 0.29) is 12.1 Å². The zero-order valence-corrected chi connectivity index (χ0v) is 7.10. The Morgan fingerprint density at radius 2 is 2.15 bits per heavy atom. The molecule has 1 aromatic carbocycles. The Labute approximate surface area is 76.3 Å². The predicted octanol–water partition coefficient (Wildman–Crippen LogP) is 1.24. The fourth-order valence-electron chi connectivity index (χ4n) is 0.990. The van der Waals surface area contributed by atoms with Crippen LogP contribution < -0.4 is 0 Å². The largest absolute Gasteiger partial charge is 0.459 e. The molecule has 1 saturated heterocycles. The van der Waals surface area contributed by atoms with Crippen LogP contribution in [0.1, 0.15) is 10.4 Å². The van der Waals surface area contributed by atoms with Crippen molar-refractivity contribution in [3.8, 4) is 0 Å². The maximum Gasteiger partial charge on any atom is 0.338 e.